The third kappa shape index (κ3) is 3.83. The van der Waals surface area contributed by atoms with E-state index in [0.29, 0.717) is 19.4 Å². The number of aliphatic carboxylic acids is 1. The smallest absolute Gasteiger partial charge is 0.322 e. The summed E-state index contributed by atoms with van der Waals surface area (Å²) in [5.74, 6) is -2.07. The van der Waals surface area contributed by atoms with Gasteiger partial charge >= 0.3 is 5.97 Å². The van der Waals surface area contributed by atoms with Crippen molar-refractivity contribution in [2.75, 3.05) is 19.6 Å². The zero-order valence-corrected chi connectivity index (χ0v) is 12.8. The maximum absolute atomic E-state index is 12.5. The monoisotopic (exact) mass is 326 g/mol. The molecule has 1 aromatic rings. The van der Waals surface area contributed by atoms with Crippen molar-refractivity contribution >= 4 is 21.9 Å². The zero-order chi connectivity index (χ0) is 16.2. The lowest BCUT2D eigenvalue weighted by molar-refractivity contribution is -0.138. The second-order valence-electron chi connectivity index (χ2n) is 5.13. The fourth-order valence-electron chi connectivity index (χ4n) is 2.42. The number of carboxylic acids is 1. The average molecular weight is 326 g/mol. The van der Waals surface area contributed by atoms with Gasteiger partial charge in [0.1, 0.15) is 6.54 Å². The van der Waals surface area contributed by atoms with E-state index in [4.69, 9.17) is 5.11 Å². The molecule has 1 aliphatic rings. The van der Waals surface area contributed by atoms with E-state index in [9.17, 15) is 18.0 Å². The van der Waals surface area contributed by atoms with Crippen molar-refractivity contribution in [2.24, 2.45) is 5.92 Å². The Hall–Kier alpha value is -1.93. The van der Waals surface area contributed by atoms with Crippen LogP contribution in [0.1, 0.15) is 12.8 Å². The molecule has 0 unspecified atom stereocenters. The molecule has 8 heteroatoms. The molecule has 2 rings (SSSR count). The molecular weight excluding hydrogens is 308 g/mol. The van der Waals surface area contributed by atoms with Crippen molar-refractivity contribution < 1.29 is 23.1 Å². The average Bonchev–Trinajstić information content (AvgIpc) is 2.53. The molecule has 2 N–H and O–H groups in total. The Morgan fingerprint density at radius 1 is 1.27 bits per heavy atom. The molecule has 0 bridgehead atoms. The molecule has 0 aromatic heterocycles. The Labute approximate surface area is 129 Å². The molecule has 0 saturated carbocycles. The van der Waals surface area contributed by atoms with E-state index in [-0.39, 0.29) is 11.4 Å². The summed E-state index contributed by atoms with van der Waals surface area (Å²) in [7, 11) is -3.62. The number of hydrogen-bond acceptors (Lipinski definition) is 4. The molecule has 1 saturated heterocycles. The van der Waals surface area contributed by atoms with Gasteiger partial charge in [-0.15, -0.1) is 0 Å². The van der Waals surface area contributed by atoms with Crippen molar-refractivity contribution in [3.05, 3.63) is 30.3 Å². The van der Waals surface area contributed by atoms with E-state index in [1.807, 2.05) is 0 Å². The molecule has 1 heterocycles. The van der Waals surface area contributed by atoms with Gasteiger partial charge in [0.25, 0.3) is 0 Å². The number of carbonyl (C=O) groups is 2. The highest BCUT2D eigenvalue weighted by Gasteiger charge is 2.33. The van der Waals surface area contributed by atoms with Gasteiger partial charge in [0.05, 0.1) is 10.8 Å². The molecule has 120 valence electrons. The summed E-state index contributed by atoms with van der Waals surface area (Å²) in [6, 6.07) is 8.06. The predicted molar refractivity (Wildman–Crippen MR) is 78.6 cm³/mol. The number of carbonyl (C=O) groups excluding carboxylic acids is 1. The van der Waals surface area contributed by atoms with E-state index in [1.165, 1.54) is 16.4 Å². The van der Waals surface area contributed by atoms with Crippen LogP contribution in [0, 0.1) is 5.92 Å². The van der Waals surface area contributed by atoms with E-state index >= 15 is 0 Å². The molecular formula is C14H18N2O5S. The van der Waals surface area contributed by atoms with Crippen molar-refractivity contribution in [2.45, 2.75) is 17.7 Å². The number of nitrogens with one attached hydrogen (secondary N) is 1. The van der Waals surface area contributed by atoms with Crippen LogP contribution in [0.2, 0.25) is 0 Å². The Bertz CT molecular complexity index is 644. The third-order valence-electron chi connectivity index (χ3n) is 3.55. The highest BCUT2D eigenvalue weighted by molar-refractivity contribution is 7.89. The molecule has 0 aliphatic carbocycles. The number of hydrogen-bond donors (Lipinski definition) is 2. The lowest BCUT2D eigenvalue weighted by Gasteiger charge is -2.31. The minimum Gasteiger partial charge on any atom is -0.480 e. The molecule has 0 radical (unpaired) electrons. The minimum atomic E-state index is -3.62. The Kier molecular flexibility index (Phi) is 5.15. The van der Waals surface area contributed by atoms with E-state index in [0.717, 1.165) is 0 Å². The molecule has 1 atom stereocenters. The maximum Gasteiger partial charge on any atom is 0.322 e. The second-order valence-corrected chi connectivity index (χ2v) is 7.06. The number of rotatable bonds is 5. The summed E-state index contributed by atoms with van der Waals surface area (Å²) in [6.45, 7) is -0.0244. The van der Waals surface area contributed by atoms with E-state index in [2.05, 4.69) is 5.32 Å². The molecule has 1 aromatic carbocycles. The standard InChI is InChI=1S/C14H18N2O5S/c17-13(18)9-15-14(19)11-5-4-8-16(10-11)22(20,21)12-6-2-1-3-7-12/h1-3,6-7,11H,4-5,8-10H2,(H,15,19)(H,17,18)/t11-/m1/s1. The Balaban J connectivity index is 2.07. The van der Waals surface area contributed by atoms with Gasteiger partial charge in [-0.05, 0) is 25.0 Å². The number of amides is 1. The fourth-order valence-corrected chi connectivity index (χ4v) is 3.97. The van der Waals surface area contributed by atoms with E-state index in [1.54, 1.807) is 18.2 Å². The first-order valence-corrected chi connectivity index (χ1v) is 8.40. The highest BCUT2D eigenvalue weighted by Crippen LogP contribution is 2.23. The molecule has 1 aliphatic heterocycles. The lowest BCUT2D eigenvalue weighted by atomic mass is 9.99. The molecule has 7 nitrogen and oxygen atoms in total. The van der Waals surface area contributed by atoms with Gasteiger partial charge in [-0.3, -0.25) is 9.59 Å². The van der Waals surface area contributed by atoms with Crippen LogP contribution in [0.3, 0.4) is 0 Å². The summed E-state index contributed by atoms with van der Waals surface area (Å²) in [4.78, 5) is 22.6. The predicted octanol–water partition coefficient (Wildman–Crippen LogP) is 0.288. The Morgan fingerprint density at radius 2 is 1.95 bits per heavy atom. The van der Waals surface area contributed by atoms with Crippen molar-refractivity contribution in [3.63, 3.8) is 0 Å². The van der Waals surface area contributed by atoms with Crippen LogP contribution in [0.4, 0.5) is 0 Å². The quantitative estimate of drug-likeness (QED) is 0.809. The van der Waals surface area contributed by atoms with Gasteiger partial charge in [-0.2, -0.15) is 4.31 Å². The summed E-state index contributed by atoms with van der Waals surface area (Å²) < 4.78 is 26.3. The first kappa shape index (κ1) is 16.4. The van der Waals surface area contributed by atoms with Gasteiger partial charge in [-0.25, -0.2) is 8.42 Å². The number of benzene rings is 1. The highest BCUT2D eigenvalue weighted by atomic mass is 32.2. The van der Waals surface area contributed by atoms with Gasteiger partial charge in [0.15, 0.2) is 0 Å². The van der Waals surface area contributed by atoms with Gasteiger partial charge in [-0.1, -0.05) is 18.2 Å². The SMILES string of the molecule is O=C(O)CNC(=O)[C@@H]1CCCN(S(=O)(=O)c2ccccc2)C1. The number of sulfonamides is 1. The first-order valence-electron chi connectivity index (χ1n) is 6.96. The number of nitrogens with zero attached hydrogens (tertiary/aromatic N) is 1. The normalized spacial score (nSPS) is 19.5. The summed E-state index contributed by atoms with van der Waals surface area (Å²) >= 11 is 0. The van der Waals surface area contributed by atoms with Crippen molar-refractivity contribution in [1.82, 2.24) is 9.62 Å². The van der Waals surface area contributed by atoms with Crippen molar-refractivity contribution in [1.29, 1.82) is 0 Å². The summed E-state index contributed by atoms with van der Waals surface area (Å²) in [5.41, 5.74) is 0. The van der Waals surface area contributed by atoms with Crippen LogP contribution in [-0.4, -0.2) is 49.3 Å². The van der Waals surface area contributed by atoms with Gasteiger partial charge in [0.2, 0.25) is 15.9 Å². The van der Waals surface area contributed by atoms with Gasteiger partial charge in [0, 0.05) is 13.1 Å². The van der Waals surface area contributed by atoms with Gasteiger partial charge < -0.3 is 10.4 Å². The largest absolute Gasteiger partial charge is 0.480 e. The molecule has 22 heavy (non-hydrogen) atoms. The van der Waals surface area contributed by atoms with E-state index < -0.39 is 34.4 Å². The van der Waals surface area contributed by atoms with Crippen LogP contribution < -0.4 is 5.32 Å². The topological polar surface area (TPSA) is 104 Å². The number of carboxylic acid groups (broad SMARTS) is 1. The molecule has 0 spiro atoms. The minimum absolute atomic E-state index is 0.0721. The summed E-state index contributed by atoms with van der Waals surface area (Å²) in [5, 5.41) is 10.9. The summed E-state index contributed by atoms with van der Waals surface area (Å²) in [6.07, 6.45) is 1.11. The third-order valence-corrected chi connectivity index (χ3v) is 5.43. The van der Waals surface area contributed by atoms with Crippen LogP contribution >= 0.6 is 0 Å². The lowest BCUT2D eigenvalue weighted by Crippen LogP contribution is -2.46. The second kappa shape index (κ2) is 6.89. The zero-order valence-electron chi connectivity index (χ0n) is 11.9. The molecule has 1 fully saturated rings. The van der Waals surface area contributed by atoms with Crippen LogP contribution in [-0.2, 0) is 19.6 Å². The van der Waals surface area contributed by atoms with Crippen molar-refractivity contribution in [3.8, 4) is 0 Å². The van der Waals surface area contributed by atoms with Crippen LogP contribution in [0.25, 0.3) is 0 Å². The molecule has 1 amide bonds. The fraction of sp³-hybridized carbons (Fsp3) is 0.429. The van der Waals surface area contributed by atoms with Crippen LogP contribution in [0.15, 0.2) is 35.2 Å². The maximum atomic E-state index is 12.5. The first-order chi connectivity index (χ1) is 10.4. The van der Waals surface area contributed by atoms with Crippen LogP contribution in [0.5, 0.6) is 0 Å². The Morgan fingerprint density at radius 3 is 2.59 bits per heavy atom. The number of piperidine rings is 1.